The summed E-state index contributed by atoms with van der Waals surface area (Å²) in [6.45, 7) is 3.08. The van der Waals surface area contributed by atoms with Gasteiger partial charge in [0, 0.05) is 31.0 Å². The number of likely N-dealkylation sites (tertiary alicyclic amines) is 1. The van der Waals surface area contributed by atoms with Crippen LogP contribution in [0.1, 0.15) is 45.8 Å². The van der Waals surface area contributed by atoms with Gasteiger partial charge in [-0.15, -0.1) is 0 Å². The monoisotopic (exact) mass is 542 g/mol. The molecule has 0 bridgehead atoms. The molecule has 0 spiro atoms. The second-order valence-electron chi connectivity index (χ2n) is 9.66. The zero-order valence-corrected chi connectivity index (χ0v) is 22.5. The van der Waals surface area contributed by atoms with Crippen molar-refractivity contribution in [2.24, 2.45) is 0 Å². The van der Waals surface area contributed by atoms with E-state index in [0.717, 1.165) is 18.4 Å². The third kappa shape index (κ3) is 6.80. The fourth-order valence-electron chi connectivity index (χ4n) is 4.73. The molecule has 1 amide bonds. The minimum absolute atomic E-state index is 0.0929. The standard InChI is InChI=1S/C30H30N4O4S/c1-22-7-8-26(19-28(22)33-39(36,37)21-23-5-3-2-4-6-23)30(35)34-17-13-25(14-18-34)24-9-11-27(12-10-24)38-29-20-31-15-16-32-29/h2-12,15-16,19-20,25,33H,13-14,17-18,21H2,1H3. The molecule has 0 saturated carbocycles. The van der Waals surface area contributed by atoms with E-state index in [1.54, 1.807) is 48.9 Å². The van der Waals surface area contributed by atoms with Crippen LogP contribution in [0, 0.1) is 6.92 Å². The third-order valence-corrected chi connectivity index (χ3v) is 8.09. The molecule has 1 fully saturated rings. The minimum atomic E-state index is -3.63. The van der Waals surface area contributed by atoms with Crippen LogP contribution in [0.2, 0.25) is 0 Å². The number of carbonyl (C=O) groups excluding carboxylic acids is 1. The number of rotatable bonds is 8. The number of aryl methyl sites for hydroxylation is 1. The van der Waals surface area contributed by atoms with Crippen molar-refractivity contribution >= 4 is 21.6 Å². The molecule has 200 valence electrons. The fourth-order valence-corrected chi connectivity index (χ4v) is 5.99. The van der Waals surface area contributed by atoms with Crippen LogP contribution in [0.15, 0.2) is 91.4 Å². The van der Waals surface area contributed by atoms with Crippen molar-refractivity contribution in [1.82, 2.24) is 14.9 Å². The molecule has 2 heterocycles. The van der Waals surface area contributed by atoms with Crippen molar-refractivity contribution in [2.75, 3.05) is 17.8 Å². The summed E-state index contributed by atoms with van der Waals surface area (Å²) in [4.78, 5) is 23.3. The van der Waals surface area contributed by atoms with Crippen molar-refractivity contribution in [3.05, 3.63) is 114 Å². The Balaban J connectivity index is 1.19. The quantitative estimate of drug-likeness (QED) is 0.314. The normalized spacial score (nSPS) is 14.1. The summed E-state index contributed by atoms with van der Waals surface area (Å²) in [5, 5.41) is 0. The highest BCUT2D eigenvalue weighted by atomic mass is 32.2. The Morgan fingerprint density at radius 1 is 1.00 bits per heavy atom. The van der Waals surface area contributed by atoms with Crippen molar-refractivity contribution in [3.8, 4) is 11.6 Å². The van der Waals surface area contributed by atoms with Crippen LogP contribution in [0.3, 0.4) is 0 Å². The summed E-state index contributed by atoms with van der Waals surface area (Å²) in [7, 11) is -3.63. The lowest BCUT2D eigenvalue weighted by Gasteiger charge is -2.32. The van der Waals surface area contributed by atoms with E-state index in [0.29, 0.717) is 47.5 Å². The predicted molar refractivity (Wildman–Crippen MR) is 150 cm³/mol. The van der Waals surface area contributed by atoms with Crippen molar-refractivity contribution < 1.29 is 17.9 Å². The average Bonchev–Trinajstić information content (AvgIpc) is 2.95. The van der Waals surface area contributed by atoms with Crippen molar-refractivity contribution in [3.63, 3.8) is 0 Å². The van der Waals surface area contributed by atoms with Gasteiger partial charge in [0.15, 0.2) is 0 Å². The molecular formula is C30H30N4O4S. The molecule has 39 heavy (non-hydrogen) atoms. The van der Waals surface area contributed by atoms with Crippen LogP contribution < -0.4 is 9.46 Å². The lowest BCUT2D eigenvalue weighted by atomic mass is 9.89. The van der Waals surface area contributed by atoms with E-state index >= 15 is 0 Å². The van der Waals surface area contributed by atoms with Gasteiger partial charge in [-0.3, -0.25) is 14.5 Å². The maximum absolute atomic E-state index is 13.3. The predicted octanol–water partition coefficient (Wildman–Crippen LogP) is 5.54. The molecular weight excluding hydrogens is 512 g/mol. The molecule has 5 rings (SSSR count). The number of aromatic nitrogens is 2. The van der Waals surface area contributed by atoms with Gasteiger partial charge in [-0.1, -0.05) is 48.5 Å². The van der Waals surface area contributed by atoms with Gasteiger partial charge >= 0.3 is 0 Å². The van der Waals surface area contributed by atoms with Crippen LogP contribution in [-0.2, 0) is 15.8 Å². The number of amides is 1. The molecule has 0 radical (unpaired) electrons. The first-order valence-corrected chi connectivity index (χ1v) is 14.5. The number of piperidine rings is 1. The maximum Gasteiger partial charge on any atom is 0.253 e. The van der Waals surface area contributed by atoms with Crippen LogP contribution >= 0.6 is 0 Å². The molecule has 8 nitrogen and oxygen atoms in total. The Kier molecular flexibility index (Phi) is 7.88. The molecule has 0 atom stereocenters. The summed E-state index contributed by atoms with van der Waals surface area (Å²) >= 11 is 0. The smallest absolute Gasteiger partial charge is 0.253 e. The topological polar surface area (TPSA) is 101 Å². The molecule has 3 aromatic carbocycles. The van der Waals surface area contributed by atoms with E-state index < -0.39 is 10.0 Å². The van der Waals surface area contributed by atoms with Gasteiger partial charge in [0.2, 0.25) is 15.9 Å². The molecule has 1 aliphatic rings. The molecule has 1 aliphatic heterocycles. The van der Waals surface area contributed by atoms with Gasteiger partial charge in [0.1, 0.15) is 5.75 Å². The Hall–Kier alpha value is -4.24. The minimum Gasteiger partial charge on any atom is -0.438 e. The lowest BCUT2D eigenvalue weighted by molar-refractivity contribution is 0.0713. The van der Waals surface area contributed by atoms with Crippen molar-refractivity contribution in [2.45, 2.75) is 31.4 Å². The maximum atomic E-state index is 13.3. The second kappa shape index (κ2) is 11.7. The molecule has 4 aromatic rings. The molecule has 9 heteroatoms. The number of nitrogens with zero attached hydrogens (tertiary/aromatic N) is 3. The number of carbonyl (C=O) groups is 1. The van der Waals surface area contributed by atoms with Crippen LogP contribution in [0.5, 0.6) is 11.6 Å². The molecule has 1 saturated heterocycles. The highest BCUT2D eigenvalue weighted by molar-refractivity contribution is 7.91. The average molecular weight is 543 g/mol. The zero-order valence-electron chi connectivity index (χ0n) is 21.7. The van der Waals surface area contributed by atoms with Gasteiger partial charge in [-0.25, -0.2) is 13.4 Å². The third-order valence-electron chi connectivity index (χ3n) is 6.85. The van der Waals surface area contributed by atoms with E-state index in [1.165, 1.54) is 5.56 Å². The van der Waals surface area contributed by atoms with E-state index in [4.69, 9.17) is 4.74 Å². The molecule has 0 aliphatic carbocycles. The van der Waals surface area contributed by atoms with Gasteiger partial charge in [-0.05, 0) is 66.6 Å². The SMILES string of the molecule is Cc1ccc(C(=O)N2CCC(c3ccc(Oc4cnccn4)cc3)CC2)cc1NS(=O)(=O)Cc1ccccc1. The van der Waals surface area contributed by atoms with Gasteiger partial charge in [-0.2, -0.15) is 0 Å². The van der Waals surface area contributed by atoms with E-state index in [9.17, 15) is 13.2 Å². The largest absolute Gasteiger partial charge is 0.438 e. The molecule has 0 unspecified atom stereocenters. The summed E-state index contributed by atoms with van der Waals surface area (Å²) < 4.78 is 33.9. The number of anilines is 1. The van der Waals surface area contributed by atoms with E-state index in [1.807, 2.05) is 42.2 Å². The first kappa shape index (κ1) is 26.4. The Morgan fingerprint density at radius 2 is 1.74 bits per heavy atom. The summed E-state index contributed by atoms with van der Waals surface area (Å²) in [6, 6.07) is 22.2. The van der Waals surface area contributed by atoms with Gasteiger partial charge < -0.3 is 9.64 Å². The Bertz CT molecular complexity index is 1520. The van der Waals surface area contributed by atoms with Crippen molar-refractivity contribution in [1.29, 1.82) is 0 Å². The summed E-state index contributed by atoms with van der Waals surface area (Å²) in [6.07, 6.45) is 6.44. The Morgan fingerprint density at radius 3 is 2.44 bits per heavy atom. The summed E-state index contributed by atoms with van der Waals surface area (Å²) in [5.41, 5.74) is 3.57. The first-order valence-electron chi connectivity index (χ1n) is 12.8. The van der Waals surface area contributed by atoms with E-state index in [-0.39, 0.29) is 11.7 Å². The zero-order chi connectivity index (χ0) is 27.2. The fraction of sp³-hybridized carbons (Fsp3) is 0.233. The number of benzene rings is 3. The Labute approximate surface area is 228 Å². The first-order chi connectivity index (χ1) is 18.9. The van der Waals surface area contributed by atoms with Crippen LogP contribution in [0.4, 0.5) is 5.69 Å². The van der Waals surface area contributed by atoms with E-state index in [2.05, 4.69) is 26.8 Å². The molecule has 1 aromatic heterocycles. The number of sulfonamides is 1. The number of hydrogen-bond acceptors (Lipinski definition) is 6. The second-order valence-corrected chi connectivity index (χ2v) is 11.4. The van der Waals surface area contributed by atoms with Gasteiger partial charge in [0.25, 0.3) is 5.91 Å². The number of hydrogen-bond donors (Lipinski definition) is 1. The van der Waals surface area contributed by atoms with Crippen LogP contribution in [-0.4, -0.2) is 42.3 Å². The lowest BCUT2D eigenvalue weighted by Crippen LogP contribution is -2.38. The highest BCUT2D eigenvalue weighted by Crippen LogP contribution is 2.31. The number of nitrogens with one attached hydrogen (secondary N) is 1. The number of ether oxygens (including phenoxy) is 1. The van der Waals surface area contributed by atoms with Gasteiger partial charge in [0.05, 0.1) is 17.6 Å². The molecule has 1 N–H and O–H groups in total. The van der Waals surface area contributed by atoms with Crippen LogP contribution in [0.25, 0.3) is 0 Å². The highest BCUT2D eigenvalue weighted by Gasteiger charge is 2.25. The summed E-state index contributed by atoms with van der Waals surface area (Å²) in [5.74, 6) is 1.26.